The molecule has 0 aliphatic rings. The van der Waals surface area contributed by atoms with Crippen LogP contribution in [-0.4, -0.2) is 4.43 Å². The van der Waals surface area contributed by atoms with Crippen LogP contribution >= 0.6 is 45.2 Å². The molecule has 0 radical (unpaired) electrons. The summed E-state index contributed by atoms with van der Waals surface area (Å²) in [5.74, 6) is 0. The zero-order chi connectivity index (χ0) is 8.10. The summed E-state index contributed by atoms with van der Waals surface area (Å²) in [5, 5.41) is 0. The molecule has 1 aromatic rings. The van der Waals surface area contributed by atoms with E-state index >= 15 is 0 Å². The molecule has 0 unspecified atom stereocenters. The van der Waals surface area contributed by atoms with Gasteiger partial charge in [-0.2, -0.15) is 0 Å². The Morgan fingerprint density at radius 3 is 2.45 bits per heavy atom. The molecule has 0 atom stereocenters. The molecule has 0 aliphatic carbocycles. The van der Waals surface area contributed by atoms with Crippen LogP contribution in [0.4, 0.5) is 0 Å². The molecule has 0 N–H and O–H groups in total. The third-order valence-electron chi connectivity index (χ3n) is 1.31. The van der Waals surface area contributed by atoms with Gasteiger partial charge in [-0.25, -0.2) is 0 Å². The van der Waals surface area contributed by atoms with E-state index < -0.39 is 0 Å². The van der Waals surface area contributed by atoms with E-state index in [1.807, 2.05) is 6.07 Å². The van der Waals surface area contributed by atoms with Crippen LogP contribution in [0.5, 0.6) is 0 Å². The second-order valence-corrected chi connectivity index (χ2v) is 4.12. The normalized spacial score (nSPS) is 11.6. The van der Waals surface area contributed by atoms with Crippen molar-refractivity contribution in [2.24, 2.45) is 0 Å². The maximum Gasteiger partial charge on any atom is 0.0189 e. The van der Waals surface area contributed by atoms with Gasteiger partial charge in [0.05, 0.1) is 0 Å². The highest BCUT2D eigenvalue weighted by molar-refractivity contribution is 14.1. The molecule has 0 nitrogen and oxygen atoms in total. The van der Waals surface area contributed by atoms with Crippen molar-refractivity contribution < 1.29 is 0 Å². The van der Waals surface area contributed by atoms with E-state index in [4.69, 9.17) is 0 Å². The van der Waals surface area contributed by atoms with Crippen molar-refractivity contribution in [3.8, 4) is 0 Å². The summed E-state index contributed by atoms with van der Waals surface area (Å²) in [6, 6.07) is 10.4. The SMILES string of the molecule is IC/C=C(\I)c1ccccc1. The molecule has 11 heavy (non-hydrogen) atoms. The Kier molecular flexibility index (Phi) is 4.44. The van der Waals surface area contributed by atoms with E-state index in [1.165, 1.54) is 9.14 Å². The average molecular weight is 370 g/mol. The van der Waals surface area contributed by atoms with E-state index in [0.717, 1.165) is 4.43 Å². The summed E-state index contributed by atoms with van der Waals surface area (Å²) in [4.78, 5) is 0. The Hall–Kier alpha value is 0.420. The van der Waals surface area contributed by atoms with E-state index in [0.29, 0.717) is 0 Å². The molecule has 0 bridgehead atoms. The van der Waals surface area contributed by atoms with Crippen LogP contribution in [0.3, 0.4) is 0 Å². The molecule has 1 aromatic carbocycles. The number of allylic oxidation sites excluding steroid dienone is 1. The Bertz CT molecular complexity index is 239. The highest BCUT2D eigenvalue weighted by Crippen LogP contribution is 2.21. The second kappa shape index (κ2) is 5.13. The van der Waals surface area contributed by atoms with E-state index in [9.17, 15) is 0 Å². The lowest BCUT2D eigenvalue weighted by Crippen LogP contribution is -1.74. The van der Waals surface area contributed by atoms with Gasteiger partial charge < -0.3 is 0 Å². The highest BCUT2D eigenvalue weighted by atomic mass is 127. The fourth-order valence-electron chi connectivity index (χ4n) is 0.783. The molecule has 0 fully saturated rings. The number of alkyl halides is 1. The fourth-order valence-corrected chi connectivity index (χ4v) is 2.65. The van der Waals surface area contributed by atoms with Crippen molar-refractivity contribution >= 4 is 48.8 Å². The molecule has 0 amide bonds. The van der Waals surface area contributed by atoms with Crippen molar-refractivity contribution in [2.45, 2.75) is 0 Å². The van der Waals surface area contributed by atoms with Gasteiger partial charge in [0, 0.05) is 8.01 Å². The van der Waals surface area contributed by atoms with Gasteiger partial charge in [-0.3, -0.25) is 0 Å². The molecule has 1 rings (SSSR count). The Morgan fingerprint density at radius 2 is 1.91 bits per heavy atom. The third-order valence-corrected chi connectivity index (χ3v) is 2.81. The standard InChI is InChI=1S/C9H8I2/c10-7-6-9(11)8-4-2-1-3-5-8/h1-6H,7H2/b9-6-. The Balaban J connectivity index is 2.85. The van der Waals surface area contributed by atoms with Crippen LogP contribution in [-0.2, 0) is 0 Å². The zero-order valence-electron chi connectivity index (χ0n) is 5.93. The van der Waals surface area contributed by atoms with Crippen molar-refractivity contribution in [3.05, 3.63) is 42.0 Å². The summed E-state index contributed by atoms with van der Waals surface area (Å²) >= 11 is 4.71. The first-order valence-corrected chi connectivity index (χ1v) is 5.92. The largest absolute Gasteiger partial charge is 0.0818 e. The Labute approximate surface area is 94.4 Å². The number of benzene rings is 1. The summed E-state index contributed by atoms with van der Waals surface area (Å²) in [6.07, 6.45) is 2.22. The van der Waals surface area contributed by atoms with Crippen molar-refractivity contribution in [1.29, 1.82) is 0 Å². The zero-order valence-corrected chi connectivity index (χ0v) is 10.2. The first-order chi connectivity index (χ1) is 5.34. The lowest BCUT2D eigenvalue weighted by molar-refractivity contribution is 1.65. The van der Waals surface area contributed by atoms with E-state index in [-0.39, 0.29) is 0 Å². The fraction of sp³-hybridized carbons (Fsp3) is 0.111. The first-order valence-electron chi connectivity index (χ1n) is 3.31. The lowest BCUT2D eigenvalue weighted by atomic mass is 10.2. The van der Waals surface area contributed by atoms with Crippen molar-refractivity contribution in [3.63, 3.8) is 0 Å². The predicted octanol–water partition coefficient (Wildman–Crippen LogP) is 3.90. The first kappa shape index (κ1) is 9.51. The van der Waals surface area contributed by atoms with Gasteiger partial charge in [-0.1, -0.05) is 59.0 Å². The minimum Gasteiger partial charge on any atom is -0.0818 e. The van der Waals surface area contributed by atoms with Gasteiger partial charge in [-0.05, 0) is 28.2 Å². The van der Waals surface area contributed by atoms with Crippen LogP contribution in [0.15, 0.2) is 36.4 Å². The predicted molar refractivity (Wildman–Crippen MR) is 67.3 cm³/mol. The van der Waals surface area contributed by atoms with E-state index in [2.05, 4.69) is 75.5 Å². The molecular formula is C9H8I2. The molecular weight excluding hydrogens is 362 g/mol. The number of halogens is 2. The van der Waals surface area contributed by atoms with Gasteiger partial charge in [0.15, 0.2) is 0 Å². The van der Waals surface area contributed by atoms with Gasteiger partial charge in [0.1, 0.15) is 0 Å². The minimum absolute atomic E-state index is 1.07. The number of rotatable bonds is 2. The van der Waals surface area contributed by atoms with Crippen LogP contribution in [0.25, 0.3) is 3.58 Å². The maximum absolute atomic E-state index is 2.36. The second-order valence-electron chi connectivity index (χ2n) is 2.07. The summed E-state index contributed by atoms with van der Waals surface area (Å²) in [5.41, 5.74) is 1.31. The van der Waals surface area contributed by atoms with E-state index in [1.54, 1.807) is 0 Å². The van der Waals surface area contributed by atoms with Gasteiger partial charge in [-0.15, -0.1) is 0 Å². The van der Waals surface area contributed by atoms with Crippen LogP contribution in [0.1, 0.15) is 5.56 Å². The molecule has 0 saturated heterocycles. The smallest absolute Gasteiger partial charge is 0.0189 e. The molecule has 0 aromatic heterocycles. The summed E-state index contributed by atoms with van der Waals surface area (Å²) in [7, 11) is 0. The van der Waals surface area contributed by atoms with Crippen molar-refractivity contribution in [2.75, 3.05) is 4.43 Å². The molecule has 0 spiro atoms. The third kappa shape index (κ3) is 3.11. The number of hydrogen-bond acceptors (Lipinski definition) is 0. The highest BCUT2D eigenvalue weighted by Gasteiger charge is 1.92. The molecule has 0 aliphatic heterocycles. The Morgan fingerprint density at radius 1 is 1.27 bits per heavy atom. The molecule has 58 valence electrons. The minimum atomic E-state index is 1.07. The maximum atomic E-state index is 2.36. The van der Waals surface area contributed by atoms with Crippen LogP contribution in [0.2, 0.25) is 0 Å². The van der Waals surface area contributed by atoms with Crippen LogP contribution < -0.4 is 0 Å². The molecule has 0 saturated carbocycles. The topological polar surface area (TPSA) is 0 Å². The lowest BCUT2D eigenvalue weighted by Gasteiger charge is -1.96. The monoisotopic (exact) mass is 370 g/mol. The van der Waals surface area contributed by atoms with Gasteiger partial charge in [0.2, 0.25) is 0 Å². The summed E-state index contributed by atoms with van der Waals surface area (Å²) in [6.45, 7) is 0. The molecule has 2 heteroatoms. The molecule has 0 heterocycles. The van der Waals surface area contributed by atoms with Crippen LogP contribution in [0, 0.1) is 0 Å². The quantitative estimate of drug-likeness (QED) is 0.548. The van der Waals surface area contributed by atoms with Gasteiger partial charge >= 0.3 is 0 Å². The average Bonchev–Trinajstić information content (AvgIpc) is 2.07. The van der Waals surface area contributed by atoms with Gasteiger partial charge in [0.25, 0.3) is 0 Å². The van der Waals surface area contributed by atoms with Crippen molar-refractivity contribution in [1.82, 2.24) is 0 Å². The summed E-state index contributed by atoms with van der Waals surface area (Å²) < 4.78 is 2.41. The number of hydrogen-bond donors (Lipinski definition) is 0.